The van der Waals surface area contributed by atoms with Crippen molar-refractivity contribution in [1.29, 1.82) is 0 Å². The van der Waals surface area contributed by atoms with Crippen LogP contribution in [-0.4, -0.2) is 27.7 Å². The molecule has 2 amide bonds. The summed E-state index contributed by atoms with van der Waals surface area (Å²) in [6.45, 7) is 4.82. The Morgan fingerprint density at radius 2 is 1.85 bits per heavy atom. The molecule has 0 spiro atoms. The third kappa shape index (κ3) is 5.77. The zero-order chi connectivity index (χ0) is 23.2. The molecule has 0 saturated carbocycles. The standard InChI is InChI=1S/C27H29N3O3/c1-19(2)14-26(31)30-17-21-9-4-3-8-20(21)15-25(30)27(32)29-22-11-7-12-24(16-22)33-18-23-10-5-6-13-28-23/h3-13,16,19,25H,14-15,17-18H2,1-2H3,(H,29,32). The molecule has 0 radical (unpaired) electrons. The highest BCUT2D eigenvalue weighted by molar-refractivity contribution is 5.97. The fourth-order valence-corrected chi connectivity index (χ4v) is 4.02. The van der Waals surface area contributed by atoms with Gasteiger partial charge in [-0.2, -0.15) is 0 Å². The summed E-state index contributed by atoms with van der Waals surface area (Å²) in [5.41, 5.74) is 3.67. The van der Waals surface area contributed by atoms with Gasteiger partial charge < -0.3 is 15.0 Å². The second kappa shape index (κ2) is 10.3. The van der Waals surface area contributed by atoms with E-state index in [1.165, 1.54) is 0 Å². The summed E-state index contributed by atoms with van der Waals surface area (Å²) in [7, 11) is 0. The van der Waals surface area contributed by atoms with Crippen LogP contribution in [0, 0.1) is 5.92 Å². The highest BCUT2D eigenvalue weighted by Crippen LogP contribution is 2.26. The Kier molecular flexibility index (Phi) is 7.03. The molecule has 0 fully saturated rings. The van der Waals surface area contributed by atoms with E-state index in [4.69, 9.17) is 4.74 Å². The molecular weight excluding hydrogens is 414 g/mol. The Hall–Kier alpha value is -3.67. The average molecular weight is 444 g/mol. The SMILES string of the molecule is CC(C)CC(=O)N1Cc2ccccc2CC1C(=O)Nc1cccc(OCc2ccccn2)c1. The molecule has 1 aromatic heterocycles. The van der Waals surface area contributed by atoms with Gasteiger partial charge in [0.1, 0.15) is 18.4 Å². The van der Waals surface area contributed by atoms with Crippen molar-refractivity contribution in [3.63, 3.8) is 0 Å². The van der Waals surface area contributed by atoms with E-state index in [1.807, 2.05) is 74.5 Å². The minimum atomic E-state index is -0.552. The van der Waals surface area contributed by atoms with Gasteiger partial charge in [0, 0.05) is 37.3 Å². The van der Waals surface area contributed by atoms with Crippen molar-refractivity contribution in [2.24, 2.45) is 5.92 Å². The largest absolute Gasteiger partial charge is 0.487 e. The summed E-state index contributed by atoms with van der Waals surface area (Å²) in [4.78, 5) is 32.3. The summed E-state index contributed by atoms with van der Waals surface area (Å²) in [6, 6.07) is 20.4. The molecule has 1 atom stereocenters. The van der Waals surface area contributed by atoms with Crippen LogP contribution in [0.1, 0.15) is 37.1 Å². The van der Waals surface area contributed by atoms with Crippen LogP contribution in [0.3, 0.4) is 0 Å². The number of anilines is 1. The molecule has 0 saturated heterocycles. The summed E-state index contributed by atoms with van der Waals surface area (Å²) in [6.07, 6.45) is 2.65. The van der Waals surface area contributed by atoms with Crippen LogP contribution in [0.2, 0.25) is 0 Å². The van der Waals surface area contributed by atoms with Gasteiger partial charge in [0.15, 0.2) is 0 Å². The number of benzene rings is 2. The zero-order valence-electron chi connectivity index (χ0n) is 19.0. The molecule has 170 valence electrons. The summed E-state index contributed by atoms with van der Waals surface area (Å²) in [5.74, 6) is 0.682. The van der Waals surface area contributed by atoms with Crippen molar-refractivity contribution in [2.75, 3.05) is 5.32 Å². The van der Waals surface area contributed by atoms with E-state index in [0.717, 1.165) is 16.8 Å². The predicted octanol–water partition coefficient (Wildman–Crippen LogP) is 4.60. The number of carbonyl (C=O) groups is 2. The molecular formula is C27H29N3O3. The molecule has 3 aromatic rings. The Balaban J connectivity index is 1.48. The monoisotopic (exact) mass is 443 g/mol. The van der Waals surface area contributed by atoms with Crippen molar-refractivity contribution < 1.29 is 14.3 Å². The van der Waals surface area contributed by atoms with Gasteiger partial charge in [-0.05, 0) is 41.3 Å². The number of carbonyl (C=O) groups excluding carboxylic acids is 2. The number of hydrogen-bond acceptors (Lipinski definition) is 4. The molecule has 1 unspecified atom stereocenters. The Labute approximate surface area is 194 Å². The quantitative estimate of drug-likeness (QED) is 0.579. The first-order valence-corrected chi connectivity index (χ1v) is 11.3. The molecule has 6 heteroatoms. The van der Waals surface area contributed by atoms with Crippen LogP contribution >= 0.6 is 0 Å². The van der Waals surface area contributed by atoms with Crippen molar-refractivity contribution in [3.05, 3.63) is 89.7 Å². The number of pyridine rings is 1. The highest BCUT2D eigenvalue weighted by atomic mass is 16.5. The third-order valence-electron chi connectivity index (χ3n) is 5.67. The van der Waals surface area contributed by atoms with Crippen LogP contribution in [0.25, 0.3) is 0 Å². The summed E-state index contributed by atoms with van der Waals surface area (Å²) in [5, 5.41) is 2.99. The number of nitrogens with one attached hydrogen (secondary N) is 1. The van der Waals surface area contributed by atoms with Crippen molar-refractivity contribution >= 4 is 17.5 Å². The number of aromatic nitrogens is 1. The Morgan fingerprint density at radius 3 is 2.61 bits per heavy atom. The number of nitrogens with zero attached hydrogens (tertiary/aromatic N) is 2. The molecule has 2 heterocycles. The summed E-state index contributed by atoms with van der Waals surface area (Å²) >= 11 is 0. The Morgan fingerprint density at radius 1 is 1.06 bits per heavy atom. The first-order valence-electron chi connectivity index (χ1n) is 11.3. The second-order valence-electron chi connectivity index (χ2n) is 8.74. The second-order valence-corrected chi connectivity index (χ2v) is 8.74. The van der Waals surface area contributed by atoms with Gasteiger partial charge in [0.2, 0.25) is 11.8 Å². The van der Waals surface area contributed by atoms with E-state index >= 15 is 0 Å². The lowest BCUT2D eigenvalue weighted by molar-refractivity contribution is -0.140. The lowest BCUT2D eigenvalue weighted by Crippen LogP contribution is -2.50. The van der Waals surface area contributed by atoms with Gasteiger partial charge >= 0.3 is 0 Å². The van der Waals surface area contributed by atoms with Gasteiger partial charge in [-0.1, -0.05) is 50.2 Å². The predicted molar refractivity (Wildman–Crippen MR) is 128 cm³/mol. The first kappa shape index (κ1) is 22.5. The van der Waals surface area contributed by atoms with E-state index in [-0.39, 0.29) is 17.7 Å². The van der Waals surface area contributed by atoms with Gasteiger partial charge in [-0.15, -0.1) is 0 Å². The normalized spacial score (nSPS) is 15.1. The molecule has 6 nitrogen and oxygen atoms in total. The van der Waals surface area contributed by atoms with E-state index in [1.54, 1.807) is 17.2 Å². The highest BCUT2D eigenvalue weighted by Gasteiger charge is 2.34. The minimum absolute atomic E-state index is 0.00657. The topological polar surface area (TPSA) is 71.5 Å². The van der Waals surface area contributed by atoms with Crippen molar-refractivity contribution in [3.8, 4) is 5.75 Å². The number of hydrogen-bond donors (Lipinski definition) is 1. The smallest absolute Gasteiger partial charge is 0.247 e. The van der Waals surface area contributed by atoms with E-state index in [0.29, 0.717) is 37.4 Å². The Bertz CT molecular complexity index is 1110. The summed E-state index contributed by atoms with van der Waals surface area (Å²) < 4.78 is 5.83. The molecule has 1 aliphatic heterocycles. The number of amides is 2. The first-order chi connectivity index (χ1) is 16.0. The van der Waals surface area contributed by atoms with Gasteiger partial charge in [0.25, 0.3) is 0 Å². The lowest BCUT2D eigenvalue weighted by Gasteiger charge is -2.36. The van der Waals surface area contributed by atoms with E-state index < -0.39 is 6.04 Å². The zero-order valence-corrected chi connectivity index (χ0v) is 19.0. The number of rotatable bonds is 7. The molecule has 4 rings (SSSR count). The van der Waals surface area contributed by atoms with Gasteiger partial charge in [-0.25, -0.2) is 0 Å². The van der Waals surface area contributed by atoms with E-state index in [9.17, 15) is 9.59 Å². The fraction of sp³-hybridized carbons (Fsp3) is 0.296. The van der Waals surface area contributed by atoms with Gasteiger partial charge in [0.05, 0.1) is 5.69 Å². The molecule has 0 bridgehead atoms. The number of fused-ring (bicyclic) bond motifs is 1. The third-order valence-corrected chi connectivity index (χ3v) is 5.67. The maximum Gasteiger partial charge on any atom is 0.247 e. The van der Waals surface area contributed by atoms with Crippen LogP contribution < -0.4 is 10.1 Å². The van der Waals surface area contributed by atoms with Crippen molar-refractivity contribution in [2.45, 2.75) is 45.9 Å². The van der Waals surface area contributed by atoms with Gasteiger partial charge in [-0.3, -0.25) is 14.6 Å². The average Bonchev–Trinajstić information content (AvgIpc) is 2.82. The molecule has 1 aliphatic rings. The maximum absolute atomic E-state index is 13.3. The molecule has 2 aromatic carbocycles. The van der Waals surface area contributed by atoms with Crippen LogP contribution in [0.15, 0.2) is 72.9 Å². The minimum Gasteiger partial charge on any atom is -0.487 e. The maximum atomic E-state index is 13.3. The van der Waals surface area contributed by atoms with Crippen molar-refractivity contribution in [1.82, 2.24) is 9.88 Å². The van der Waals surface area contributed by atoms with Crippen LogP contribution in [0.5, 0.6) is 5.75 Å². The molecule has 0 aliphatic carbocycles. The molecule has 1 N–H and O–H groups in total. The van der Waals surface area contributed by atoms with Crippen LogP contribution in [0.4, 0.5) is 5.69 Å². The molecule has 33 heavy (non-hydrogen) atoms. The lowest BCUT2D eigenvalue weighted by atomic mass is 9.92. The number of ether oxygens (including phenoxy) is 1. The van der Waals surface area contributed by atoms with Crippen LogP contribution in [-0.2, 0) is 29.2 Å². The van der Waals surface area contributed by atoms with E-state index in [2.05, 4.69) is 10.3 Å². The fourth-order valence-electron chi connectivity index (χ4n) is 4.02.